The number of anilines is 1. The highest BCUT2D eigenvalue weighted by Gasteiger charge is 2.25. The third kappa shape index (κ3) is 4.35. The molecule has 0 aliphatic heterocycles. The maximum absolute atomic E-state index is 13.4. The van der Waals surface area contributed by atoms with Crippen molar-refractivity contribution in [2.24, 2.45) is 7.05 Å². The van der Waals surface area contributed by atoms with Gasteiger partial charge in [0, 0.05) is 13.6 Å². The highest BCUT2D eigenvalue weighted by Crippen LogP contribution is 2.40. The van der Waals surface area contributed by atoms with E-state index in [4.69, 9.17) is 14.5 Å². The maximum atomic E-state index is 13.4. The lowest BCUT2D eigenvalue weighted by Crippen LogP contribution is -2.34. The topological polar surface area (TPSA) is 72.7 Å². The van der Waals surface area contributed by atoms with Crippen LogP contribution in [-0.2, 0) is 7.05 Å². The van der Waals surface area contributed by atoms with Crippen molar-refractivity contribution >= 4 is 32.6 Å². The van der Waals surface area contributed by atoms with Gasteiger partial charge in [-0.25, -0.2) is 4.98 Å². The normalized spacial score (nSPS) is 11.3. The van der Waals surface area contributed by atoms with Crippen molar-refractivity contribution in [1.82, 2.24) is 19.7 Å². The molecule has 29 heavy (non-hydrogen) atoms. The Bertz CT molecular complexity index is 970. The van der Waals surface area contributed by atoms with Crippen molar-refractivity contribution in [3.8, 4) is 11.5 Å². The average molecular weight is 418 g/mol. The van der Waals surface area contributed by atoms with E-state index in [9.17, 15) is 4.79 Å². The Morgan fingerprint density at radius 3 is 2.45 bits per heavy atom. The number of carbonyl (C=O) groups excluding carboxylic acids is 1. The van der Waals surface area contributed by atoms with Gasteiger partial charge in [0.25, 0.3) is 5.91 Å². The van der Waals surface area contributed by atoms with E-state index in [-0.39, 0.29) is 5.91 Å². The minimum Gasteiger partial charge on any atom is -0.495 e. The van der Waals surface area contributed by atoms with Crippen molar-refractivity contribution in [1.29, 1.82) is 0 Å². The van der Waals surface area contributed by atoms with Crippen LogP contribution in [0.1, 0.15) is 22.6 Å². The number of hydrogen-bond donors (Lipinski definition) is 0. The Kier molecular flexibility index (Phi) is 6.39. The van der Waals surface area contributed by atoms with Crippen LogP contribution >= 0.6 is 11.3 Å². The molecule has 0 fully saturated rings. The zero-order valence-electron chi connectivity index (χ0n) is 17.7. The zero-order valence-corrected chi connectivity index (χ0v) is 18.5. The summed E-state index contributed by atoms with van der Waals surface area (Å²) in [6, 6.07) is 5.48. The van der Waals surface area contributed by atoms with Crippen LogP contribution in [0.25, 0.3) is 10.2 Å². The maximum Gasteiger partial charge on any atom is 0.278 e. The van der Waals surface area contributed by atoms with Crippen LogP contribution in [0.15, 0.2) is 18.2 Å². The van der Waals surface area contributed by atoms with Crippen molar-refractivity contribution in [2.45, 2.75) is 13.3 Å². The standard InChI is InChI=1S/C20H27N5O3S/c1-13-12-14(24(4)22-13)19(26)25(11-7-10-23(2)3)20-21-17-15(27-5)8-9-16(28-6)18(17)29-20/h8-9,12H,7,10-11H2,1-6H3. The summed E-state index contributed by atoms with van der Waals surface area (Å²) < 4.78 is 13.4. The lowest BCUT2D eigenvalue weighted by atomic mass is 10.3. The third-order valence-electron chi connectivity index (χ3n) is 4.58. The van der Waals surface area contributed by atoms with Crippen LogP contribution < -0.4 is 14.4 Å². The molecule has 9 heteroatoms. The van der Waals surface area contributed by atoms with Crippen molar-refractivity contribution in [3.05, 3.63) is 29.6 Å². The fourth-order valence-electron chi connectivity index (χ4n) is 3.17. The van der Waals surface area contributed by atoms with E-state index < -0.39 is 0 Å². The molecule has 0 aliphatic rings. The van der Waals surface area contributed by atoms with Crippen LogP contribution in [0.5, 0.6) is 11.5 Å². The second-order valence-corrected chi connectivity index (χ2v) is 8.03. The number of methoxy groups -OCH3 is 2. The molecule has 0 atom stereocenters. The Hall–Kier alpha value is -2.65. The van der Waals surface area contributed by atoms with E-state index >= 15 is 0 Å². The highest BCUT2D eigenvalue weighted by atomic mass is 32.1. The lowest BCUT2D eigenvalue weighted by Gasteiger charge is -2.21. The smallest absolute Gasteiger partial charge is 0.278 e. The van der Waals surface area contributed by atoms with Gasteiger partial charge in [0.2, 0.25) is 0 Å². The molecule has 0 aliphatic carbocycles. The number of ether oxygens (including phenoxy) is 2. The van der Waals surface area contributed by atoms with Crippen LogP contribution in [0, 0.1) is 6.92 Å². The Morgan fingerprint density at radius 1 is 1.17 bits per heavy atom. The average Bonchev–Trinajstić information content (AvgIpc) is 3.26. The minimum atomic E-state index is -0.121. The number of nitrogens with zero attached hydrogens (tertiary/aromatic N) is 5. The number of aryl methyl sites for hydroxylation is 2. The molecule has 3 aromatic rings. The summed E-state index contributed by atoms with van der Waals surface area (Å²) in [5.74, 6) is 1.24. The summed E-state index contributed by atoms with van der Waals surface area (Å²) in [6.07, 6.45) is 0.819. The predicted octanol–water partition coefficient (Wildman–Crippen LogP) is 2.95. The van der Waals surface area contributed by atoms with Gasteiger partial charge in [0.05, 0.1) is 19.9 Å². The molecule has 0 unspecified atom stereocenters. The first-order valence-corrected chi connectivity index (χ1v) is 10.2. The van der Waals surface area contributed by atoms with Crippen molar-refractivity contribution in [2.75, 3.05) is 46.3 Å². The minimum absolute atomic E-state index is 0.121. The number of benzene rings is 1. The molecule has 2 aromatic heterocycles. The zero-order chi connectivity index (χ0) is 21.1. The Labute approximate surface area is 174 Å². The fourth-order valence-corrected chi connectivity index (χ4v) is 4.27. The predicted molar refractivity (Wildman–Crippen MR) is 116 cm³/mol. The van der Waals surface area contributed by atoms with Gasteiger partial charge in [0.15, 0.2) is 5.13 Å². The number of fused-ring (bicyclic) bond motifs is 1. The van der Waals surface area contributed by atoms with E-state index in [1.807, 2.05) is 33.2 Å². The van der Waals surface area contributed by atoms with Gasteiger partial charge in [-0.1, -0.05) is 11.3 Å². The molecule has 1 amide bonds. The van der Waals surface area contributed by atoms with Crippen LogP contribution in [-0.4, -0.2) is 67.0 Å². The third-order valence-corrected chi connectivity index (χ3v) is 5.68. The van der Waals surface area contributed by atoms with Gasteiger partial charge in [-0.3, -0.25) is 14.4 Å². The molecule has 2 heterocycles. The van der Waals surface area contributed by atoms with Gasteiger partial charge >= 0.3 is 0 Å². The summed E-state index contributed by atoms with van der Waals surface area (Å²) in [4.78, 5) is 22.0. The molecule has 0 radical (unpaired) electrons. The Balaban J connectivity index is 2.05. The van der Waals surface area contributed by atoms with Gasteiger partial charge in [-0.05, 0) is 52.2 Å². The van der Waals surface area contributed by atoms with E-state index in [0.717, 1.165) is 23.4 Å². The summed E-state index contributed by atoms with van der Waals surface area (Å²) in [5, 5.41) is 4.93. The molecule has 0 N–H and O–H groups in total. The van der Waals surface area contributed by atoms with E-state index in [0.29, 0.717) is 34.4 Å². The molecule has 8 nitrogen and oxygen atoms in total. The number of carbonyl (C=O) groups is 1. The van der Waals surface area contributed by atoms with E-state index in [1.54, 1.807) is 36.9 Å². The van der Waals surface area contributed by atoms with Crippen LogP contribution in [0.4, 0.5) is 5.13 Å². The number of hydrogen-bond acceptors (Lipinski definition) is 7. The largest absolute Gasteiger partial charge is 0.495 e. The first-order valence-electron chi connectivity index (χ1n) is 9.34. The Morgan fingerprint density at radius 2 is 1.86 bits per heavy atom. The first-order chi connectivity index (χ1) is 13.8. The van der Waals surface area contributed by atoms with Gasteiger partial charge in [0.1, 0.15) is 27.4 Å². The number of aromatic nitrogens is 3. The van der Waals surface area contributed by atoms with E-state index in [2.05, 4.69) is 10.00 Å². The molecule has 0 bridgehead atoms. The number of thiazole rings is 1. The fraction of sp³-hybridized carbons (Fsp3) is 0.450. The van der Waals surface area contributed by atoms with Gasteiger partial charge in [-0.15, -0.1) is 0 Å². The summed E-state index contributed by atoms with van der Waals surface area (Å²) in [5.41, 5.74) is 2.03. The second-order valence-electron chi connectivity index (χ2n) is 7.05. The van der Waals surface area contributed by atoms with Crippen LogP contribution in [0.2, 0.25) is 0 Å². The number of amides is 1. The van der Waals surface area contributed by atoms with Crippen molar-refractivity contribution in [3.63, 3.8) is 0 Å². The van der Waals surface area contributed by atoms with E-state index in [1.165, 1.54) is 11.3 Å². The molecule has 0 spiro atoms. The summed E-state index contributed by atoms with van der Waals surface area (Å²) >= 11 is 1.43. The molecular formula is C20H27N5O3S. The molecule has 1 aromatic carbocycles. The van der Waals surface area contributed by atoms with Gasteiger partial charge < -0.3 is 14.4 Å². The molecular weight excluding hydrogens is 390 g/mol. The monoisotopic (exact) mass is 417 g/mol. The van der Waals surface area contributed by atoms with Gasteiger partial charge in [-0.2, -0.15) is 5.10 Å². The summed E-state index contributed by atoms with van der Waals surface area (Å²) in [6.45, 7) is 3.29. The second kappa shape index (κ2) is 8.79. The number of rotatable bonds is 8. The SMILES string of the molecule is COc1ccc(OC)c2sc(N(CCCN(C)C)C(=O)c3cc(C)nn3C)nc12. The molecule has 3 rings (SSSR count). The first kappa shape index (κ1) is 21.1. The highest BCUT2D eigenvalue weighted by molar-refractivity contribution is 7.22. The molecule has 0 saturated heterocycles. The molecule has 0 saturated carbocycles. The van der Waals surface area contributed by atoms with Crippen LogP contribution in [0.3, 0.4) is 0 Å². The summed E-state index contributed by atoms with van der Waals surface area (Å²) in [7, 11) is 9.05. The molecule has 156 valence electrons. The quantitative estimate of drug-likeness (QED) is 0.561. The lowest BCUT2D eigenvalue weighted by molar-refractivity contribution is 0.0977. The van der Waals surface area contributed by atoms with Crippen molar-refractivity contribution < 1.29 is 14.3 Å².